The number of hydrogen-bond acceptors (Lipinski definition) is 3. The third-order valence-corrected chi connectivity index (χ3v) is 2.18. The topological polar surface area (TPSA) is 63.6 Å². The summed E-state index contributed by atoms with van der Waals surface area (Å²) in [5.41, 5.74) is 0. The van der Waals surface area contributed by atoms with Crippen LogP contribution >= 0.6 is 0 Å². The molecule has 112 valence electrons. The number of rotatable bonds is 6. The molecule has 20 heavy (non-hydrogen) atoms. The van der Waals surface area contributed by atoms with Gasteiger partial charge in [0.1, 0.15) is 6.11 Å². The lowest BCUT2D eigenvalue weighted by atomic mass is 10.1. The van der Waals surface area contributed by atoms with Crippen molar-refractivity contribution in [2.24, 2.45) is 5.92 Å². The van der Waals surface area contributed by atoms with E-state index < -0.39 is 5.97 Å². The van der Waals surface area contributed by atoms with E-state index in [9.17, 15) is 9.59 Å². The molecule has 0 aliphatic heterocycles. The molecule has 0 bridgehead atoms. The van der Waals surface area contributed by atoms with Gasteiger partial charge < -0.3 is 9.84 Å². The van der Waals surface area contributed by atoms with Crippen LogP contribution in [0.3, 0.4) is 0 Å². The van der Waals surface area contributed by atoms with Gasteiger partial charge in [0.05, 0.1) is 0 Å². The predicted octanol–water partition coefficient (Wildman–Crippen LogP) is 3.21. The first kappa shape index (κ1) is 20.4. The van der Waals surface area contributed by atoms with Gasteiger partial charge in [-0.25, -0.2) is 0 Å². The summed E-state index contributed by atoms with van der Waals surface area (Å²) in [5.74, 6) is 4.42. The first-order chi connectivity index (χ1) is 9.47. The monoisotopic (exact) mass is 280 g/mol. The zero-order valence-electron chi connectivity index (χ0n) is 12.6. The Labute approximate surface area is 121 Å². The minimum atomic E-state index is -0.746. The molecule has 0 aromatic rings. The average Bonchev–Trinajstić information content (AvgIpc) is 2.39. The van der Waals surface area contributed by atoms with Crippen molar-refractivity contribution in [3.63, 3.8) is 0 Å². The number of carboxylic acids is 1. The number of terminal acetylenes is 1. The van der Waals surface area contributed by atoms with Crippen LogP contribution in [0.15, 0.2) is 0 Å². The molecule has 0 amide bonds. The lowest BCUT2D eigenvalue weighted by Gasteiger charge is -1.99. The van der Waals surface area contributed by atoms with Crippen molar-refractivity contribution >= 4 is 11.9 Å². The second kappa shape index (κ2) is 15.1. The molecule has 1 atom stereocenters. The first-order valence-corrected chi connectivity index (χ1v) is 6.83. The van der Waals surface area contributed by atoms with Crippen molar-refractivity contribution in [2.75, 3.05) is 0 Å². The molecule has 0 spiro atoms. The largest absolute Gasteiger partial charge is 0.481 e. The van der Waals surface area contributed by atoms with Gasteiger partial charge in [0.25, 0.3) is 0 Å². The molecule has 0 aromatic carbocycles. The summed E-state index contributed by atoms with van der Waals surface area (Å²) in [6.07, 6.45) is 11.1. The number of ether oxygens (including phenoxy) is 1. The van der Waals surface area contributed by atoms with Crippen molar-refractivity contribution in [3.05, 3.63) is 0 Å². The highest BCUT2D eigenvalue weighted by Gasteiger charge is 1.99. The Morgan fingerprint density at radius 1 is 1.30 bits per heavy atom. The molecule has 0 rings (SSSR count). The molecule has 0 aliphatic rings. The number of esters is 1. The summed E-state index contributed by atoms with van der Waals surface area (Å²) in [5, 5.41) is 8.25. The normalized spacial score (nSPS) is 9.90. The maximum atomic E-state index is 10.6. The van der Waals surface area contributed by atoms with E-state index in [-0.39, 0.29) is 18.3 Å². The average molecular weight is 280 g/mol. The van der Waals surface area contributed by atoms with Gasteiger partial charge in [0.2, 0.25) is 0 Å². The number of carboxylic acid groups (broad SMARTS) is 1. The van der Waals surface area contributed by atoms with E-state index in [4.69, 9.17) is 11.5 Å². The van der Waals surface area contributed by atoms with Gasteiger partial charge in [-0.1, -0.05) is 26.7 Å². The van der Waals surface area contributed by atoms with Crippen LogP contribution in [0.4, 0.5) is 0 Å². The zero-order valence-corrected chi connectivity index (χ0v) is 12.6. The van der Waals surface area contributed by atoms with Gasteiger partial charge in [-0.2, -0.15) is 0 Å². The maximum absolute atomic E-state index is 10.6. The second-order valence-corrected chi connectivity index (χ2v) is 4.21. The Hall–Kier alpha value is -1.94. The second-order valence-electron chi connectivity index (χ2n) is 4.21. The smallest absolute Gasteiger partial charge is 0.319 e. The van der Waals surface area contributed by atoms with E-state index >= 15 is 0 Å². The quantitative estimate of drug-likeness (QED) is 0.599. The summed E-state index contributed by atoms with van der Waals surface area (Å²) in [6.45, 7) is 5.75. The Morgan fingerprint density at radius 3 is 2.40 bits per heavy atom. The summed E-state index contributed by atoms with van der Waals surface area (Å²) in [6, 6.07) is 0. The van der Waals surface area contributed by atoms with Gasteiger partial charge in [-0.05, 0) is 19.3 Å². The molecular formula is C16H24O4. The SMILES string of the molecule is C#CC(C)CCCC(=O)O.CCC#COC(=O)CCC. The van der Waals surface area contributed by atoms with Crippen molar-refractivity contribution in [3.8, 4) is 24.4 Å². The van der Waals surface area contributed by atoms with Crippen LogP contribution in [-0.4, -0.2) is 17.0 Å². The molecule has 0 radical (unpaired) electrons. The van der Waals surface area contributed by atoms with E-state index in [0.717, 1.165) is 19.3 Å². The van der Waals surface area contributed by atoms with Crippen molar-refractivity contribution < 1.29 is 19.4 Å². The predicted molar refractivity (Wildman–Crippen MR) is 78.6 cm³/mol. The molecule has 1 unspecified atom stereocenters. The van der Waals surface area contributed by atoms with Gasteiger partial charge in [-0.15, -0.1) is 12.3 Å². The molecule has 0 fully saturated rings. The maximum Gasteiger partial charge on any atom is 0.319 e. The molecule has 0 saturated carbocycles. The molecular weight excluding hydrogens is 256 g/mol. The lowest BCUT2D eigenvalue weighted by Crippen LogP contribution is -1.97. The van der Waals surface area contributed by atoms with E-state index in [1.165, 1.54) is 0 Å². The fraction of sp³-hybridized carbons (Fsp3) is 0.625. The number of hydrogen-bond donors (Lipinski definition) is 1. The third kappa shape index (κ3) is 18.4. The summed E-state index contributed by atoms with van der Waals surface area (Å²) >= 11 is 0. The first-order valence-electron chi connectivity index (χ1n) is 6.83. The van der Waals surface area contributed by atoms with Crippen LogP contribution in [0.2, 0.25) is 0 Å². The lowest BCUT2D eigenvalue weighted by molar-refractivity contribution is -0.138. The van der Waals surface area contributed by atoms with Crippen LogP contribution in [0.25, 0.3) is 0 Å². The minimum absolute atomic E-state index is 0.208. The van der Waals surface area contributed by atoms with Crippen LogP contribution < -0.4 is 0 Å². The molecule has 0 aliphatic carbocycles. The van der Waals surface area contributed by atoms with E-state index in [1.807, 2.05) is 20.8 Å². The third-order valence-electron chi connectivity index (χ3n) is 2.18. The Balaban J connectivity index is 0. The van der Waals surface area contributed by atoms with Crippen LogP contribution in [-0.2, 0) is 14.3 Å². The van der Waals surface area contributed by atoms with Crippen LogP contribution in [0.1, 0.15) is 59.3 Å². The fourth-order valence-corrected chi connectivity index (χ4v) is 1.06. The molecule has 1 N–H and O–H groups in total. The molecule has 0 saturated heterocycles. The highest BCUT2D eigenvalue weighted by Crippen LogP contribution is 2.05. The summed E-state index contributed by atoms with van der Waals surface area (Å²) < 4.78 is 4.52. The number of carbonyl (C=O) groups excluding carboxylic acids is 1. The van der Waals surface area contributed by atoms with E-state index in [0.29, 0.717) is 12.8 Å². The Bertz CT molecular complexity index is 368. The van der Waals surface area contributed by atoms with Gasteiger partial charge in [0.15, 0.2) is 0 Å². The molecule has 0 aromatic heterocycles. The highest BCUT2D eigenvalue weighted by molar-refractivity contribution is 5.70. The summed E-state index contributed by atoms with van der Waals surface area (Å²) in [7, 11) is 0. The minimum Gasteiger partial charge on any atom is -0.481 e. The van der Waals surface area contributed by atoms with E-state index in [1.54, 1.807) is 0 Å². The number of aliphatic carboxylic acids is 1. The number of carbonyl (C=O) groups is 2. The fourth-order valence-electron chi connectivity index (χ4n) is 1.06. The van der Waals surface area contributed by atoms with Crippen molar-refractivity contribution in [1.82, 2.24) is 0 Å². The molecule has 4 heteroatoms. The van der Waals surface area contributed by atoms with Crippen LogP contribution in [0.5, 0.6) is 0 Å². The van der Waals surface area contributed by atoms with Crippen molar-refractivity contribution in [1.29, 1.82) is 0 Å². The van der Waals surface area contributed by atoms with Crippen LogP contribution in [0, 0.1) is 30.3 Å². The Morgan fingerprint density at radius 2 is 1.95 bits per heavy atom. The Kier molecular flexibility index (Phi) is 15.4. The molecule has 4 nitrogen and oxygen atoms in total. The summed E-state index contributed by atoms with van der Waals surface area (Å²) in [4.78, 5) is 20.6. The van der Waals surface area contributed by atoms with Gasteiger partial charge in [0, 0.05) is 25.2 Å². The standard InChI is InChI=1S/2C8H12O2/c1-3-7(2)5-4-6-8(9)10;1-3-5-7-10-8(9)6-4-2/h1,7H,4-6H2,2H3,(H,9,10);3-4,6H2,1-2H3. The zero-order chi connectivity index (χ0) is 15.8. The van der Waals surface area contributed by atoms with Gasteiger partial charge >= 0.3 is 11.9 Å². The highest BCUT2D eigenvalue weighted by atomic mass is 16.5. The molecule has 0 heterocycles. The van der Waals surface area contributed by atoms with Crippen molar-refractivity contribution in [2.45, 2.75) is 59.3 Å². The van der Waals surface area contributed by atoms with E-state index in [2.05, 4.69) is 22.7 Å². The van der Waals surface area contributed by atoms with Gasteiger partial charge in [-0.3, -0.25) is 9.59 Å².